The summed E-state index contributed by atoms with van der Waals surface area (Å²) in [5.41, 5.74) is 0. The van der Waals surface area contributed by atoms with Crippen molar-refractivity contribution < 1.29 is 4.74 Å². The Labute approximate surface area is 69.1 Å². The lowest BCUT2D eigenvalue weighted by molar-refractivity contribution is 0.0252. The van der Waals surface area contributed by atoms with Crippen molar-refractivity contribution in [3.63, 3.8) is 0 Å². The molecule has 2 aliphatic rings. The van der Waals surface area contributed by atoms with E-state index in [4.69, 9.17) is 4.74 Å². The Morgan fingerprint density at radius 2 is 1.82 bits per heavy atom. The van der Waals surface area contributed by atoms with Crippen molar-refractivity contribution in [2.75, 3.05) is 0 Å². The minimum absolute atomic E-state index is 0.517. The number of fused-ring (bicyclic) bond motifs is 1. The maximum absolute atomic E-state index is 5.88. The first-order chi connectivity index (χ1) is 5.29. The van der Waals surface area contributed by atoms with Gasteiger partial charge in [-0.05, 0) is 31.6 Å². The lowest BCUT2D eigenvalue weighted by atomic mass is 9.80. The molecule has 0 amide bonds. The first-order valence-electron chi connectivity index (χ1n) is 4.94. The molecule has 0 radical (unpaired) electrons. The van der Waals surface area contributed by atoms with Crippen LogP contribution in [0.25, 0.3) is 0 Å². The van der Waals surface area contributed by atoms with Gasteiger partial charge in [0.2, 0.25) is 0 Å². The number of hydrogen-bond acceptors (Lipinski definition) is 1. The summed E-state index contributed by atoms with van der Waals surface area (Å²) in [5, 5.41) is 0. The van der Waals surface area contributed by atoms with Crippen LogP contribution in [0.1, 0.15) is 39.5 Å². The van der Waals surface area contributed by atoms with E-state index in [1.807, 2.05) is 0 Å². The molecule has 1 saturated heterocycles. The molecule has 1 aliphatic carbocycles. The van der Waals surface area contributed by atoms with Crippen molar-refractivity contribution >= 4 is 0 Å². The zero-order chi connectivity index (χ0) is 7.84. The molecule has 1 aliphatic heterocycles. The van der Waals surface area contributed by atoms with Gasteiger partial charge in [-0.1, -0.05) is 19.8 Å². The van der Waals surface area contributed by atoms with Gasteiger partial charge in [-0.25, -0.2) is 0 Å². The van der Waals surface area contributed by atoms with E-state index in [1.165, 1.54) is 25.7 Å². The van der Waals surface area contributed by atoms with Crippen LogP contribution in [0.5, 0.6) is 0 Å². The van der Waals surface area contributed by atoms with Crippen LogP contribution in [0.4, 0.5) is 0 Å². The fourth-order valence-electron chi connectivity index (χ4n) is 2.64. The highest BCUT2D eigenvalue weighted by Gasteiger charge is 2.40. The highest BCUT2D eigenvalue weighted by Crippen LogP contribution is 2.40. The molecule has 11 heavy (non-hydrogen) atoms. The monoisotopic (exact) mass is 154 g/mol. The zero-order valence-electron chi connectivity index (χ0n) is 7.55. The van der Waals surface area contributed by atoms with E-state index in [1.54, 1.807) is 0 Å². The third-order valence-corrected chi connectivity index (χ3v) is 3.56. The molecule has 0 aromatic rings. The van der Waals surface area contributed by atoms with Crippen LogP contribution >= 0.6 is 0 Å². The summed E-state index contributed by atoms with van der Waals surface area (Å²) >= 11 is 0. The fraction of sp³-hybridized carbons (Fsp3) is 1.00. The molecular formula is C10H18O. The minimum atomic E-state index is 0.517. The largest absolute Gasteiger partial charge is 0.375 e. The van der Waals surface area contributed by atoms with Crippen LogP contribution in [0.15, 0.2) is 0 Å². The highest BCUT2D eigenvalue weighted by atomic mass is 16.5. The highest BCUT2D eigenvalue weighted by molar-refractivity contribution is 4.88. The molecule has 4 unspecified atom stereocenters. The topological polar surface area (TPSA) is 9.23 Å². The molecule has 0 bridgehead atoms. The predicted octanol–water partition coefficient (Wildman–Crippen LogP) is 2.60. The molecule has 0 aromatic carbocycles. The van der Waals surface area contributed by atoms with Crippen molar-refractivity contribution in [2.45, 2.75) is 51.7 Å². The van der Waals surface area contributed by atoms with Gasteiger partial charge in [0, 0.05) is 0 Å². The Morgan fingerprint density at radius 3 is 2.55 bits per heavy atom. The van der Waals surface area contributed by atoms with E-state index in [-0.39, 0.29) is 0 Å². The minimum Gasteiger partial charge on any atom is -0.375 e. The van der Waals surface area contributed by atoms with Gasteiger partial charge >= 0.3 is 0 Å². The average Bonchev–Trinajstić information content (AvgIpc) is 2.30. The molecule has 1 heterocycles. The van der Waals surface area contributed by atoms with Crippen LogP contribution in [0, 0.1) is 11.8 Å². The molecule has 0 spiro atoms. The van der Waals surface area contributed by atoms with Gasteiger partial charge in [0.1, 0.15) is 0 Å². The third-order valence-electron chi connectivity index (χ3n) is 3.56. The molecule has 64 valence electrons. The molecule has 1 saturated carbocycles. The van der Waals surface area contributed by atoms with Gasteiger partial charge in [-0.3, -0.25) is 0 Å². The average molecular weight is 154 g/mol. The van der Waals surface area contributed by atoms with E-state index in [0.29, 0.717) is 12.2 Å². The van der Waals surface area contributed by atoms with Gasteiger partial charge in [-0.15, -0.1) is 0 Å². The molecule has 2 fully saturated rings. The van der Waals surface area contributed by atoms with Crippen molar-refractivity contribution in [3.8, 4) is 0 Å². The molecule has 4 atom stereocenters. The van der Waals surface area contributed by atoms with Crippen molar-refractivity contribution in [1.82, 2.24) is 0 Å². The van der Waals surface area contributed by atoms with Gasteiger partial charge in [0.05, 0.1) is 12.2 Å². The third kappa shape index (κ3) is 1.20. The first-order valence-corrected chi connectivity index (χ1v) is 4.94. The summed E-state index contributed by atoms with van der Waals surface area (Å²) in [5.74, 6) is 1.69. The second-order valence-electron chi connectivity index (χ2n) is 4.19. The molecule has 0 aromatic heterocycles. The maximum atomic E-state index is 5.88. The van der Waals surface area contributed by atoms with E-state index in [9.17, 15) is 0 Å². The normalized spacial score (nSPS) is 50.7. The SMILES string of the molecule is CC1OC2CCCCC2C1C. The summed E-state index contributed by atoms with van der Waals surface area (Å²) in [4.78, 5) is 0. The van der Waals surface area contributed by atoms with E-state index in [0.717, 1.165) is 11.8 Å². The number of ether oxygens (including phenoxy) is 1. The summed E-state index contributed by atoms with van der Waals surface area (Å²) in [6.45, 7) is 4.57. The molecule has 1 nitrogen and oxygen atoms in total. The van der Waals surface area contributed by atoms with E-state index >= 15 is 0 Å². The summed E-state index contributed by atoms with van der Waals surface area (Å²) in [6, 6.07) is 0. The molecule has 1 heteroatoms. The summed E-state index contributed by atoms with van der Waals surface area (Å²) in [6.07, 6.45) is 6.69. The van der Waals surface area contributed by atoms with E-state index in [2.05, 4.69) is 13.8 Å². The van der Waals surface area contributed by atoms with Gasteiger partial charge in [0.25, 0.3) is 0 Å². The number of rotatable bonds is 0. The molecule has 2 rings (SSSR count). The summed E-state index contributed by atoms with van der Waals surface area (Å²) < 4.78 is 5.88. The Balaban J connectivity index is 2.05. The van der Waals surface area contributed by atoms with Crippen molar-refractivity contribution in [3.05, 3.63) is 0 Å². The van der Waals surface area contributed by atoms with Crippen LogP contribution < -0.4 is 0 Å². The molecule has 0 N–H and O–H groups in total. The van der Waals surface area contributed by atoms with Crippen LogP contribution in [0.2, 0.25) is 0 Å². The Bertz CT molecular complexity index is 144. The van der Waals surface area contributed by atoms with Crippen LogP contribution in [-0.4, -0.2) is 12.2 Å². The smallest absolute Gasteiger partial charge is 0.0610 e. The lowest BCUT2D eigenvalue weighted by Gasteiger charge is -2.25. The standard InChI is InChI=1S/C10H18O/c1-7-8(2)11-10-6-4-3-5-9(7)10/h7-10H,3-6H2,1-2H3. The van der Waals surface area contributed by atoms with E-state index < -0.39 is 0 Å². The number of hydrogen-bond donors (Lipinski definition) is 0. The van der Waals surface area contributed by atoms with Gasteiger partial charge in [0.15, 0.2) is 0 Å². The van der Waals surface area contributed by atoms with Crippen LogP contribution in [0.3, 0.4) is 0 Å². The van der Waals surface area contributed by atoms with Gasteiger partial charge < -0.3 is 4.74 Å². The predicted molar refractivity (Wildman–Crippen MR) is 45.5 cm³/mol. The lowest BCUT2D eigenvalue weighted by Crippen LogP contribution is -2.23. The van der Waals surface area contributed by atoms with Gasteiger partial charge in [-0.2, -0.15) is 0 Å². The Kier molecular flexibility index (Phi) is 1.92. The summed E-state index contributed by atoms with van der Waals surface area (Å²) in [7, 11) is 0. The fourth-order valence-corrected chi connectivity index (χ4v) is 2.64. The molecular weight excluding hydrogens is 136 g/mol. The zero-order valence-corrected chi connectivity index (χ0v) is 7.55. The quantitative estimate of drug-likeness (QED) is 0.521. The van der Waals surface area contributed by atoms with Crippen molar-refractivity contribution in [1.29, 1.82) is 0 Å². The van der Waals surface area contributed by atoms with Crippen LogP contribution in [-0.2, 0) is 4.74 Å². The van der Waals surface area contributed by atoms with Crippen molar-refractivity contribution in [2.24, 2.45) is 11.8 Å². The second-order valence-corrected chi connectivity index (χ2v) is 4.19. The maximum Gasteiger partial charge on any atom is 0.0610 e. The first kappa shape index (κ1) is 7.60. The second kappa shape index (κ2) is 2.78. The Hall–Kier alpha value is -0.0400. The Morgan fingerprint density at radius 1 is 1.09 bits per heavy atom.